The van der Waals surface area contributed by atoms with Crippen molar-refractivity contribution >= 4 is 5.91 Å². The molecule has 1 saturated heterocycles. The Kier molecular flexibility index (Phi) is 6.55. The molecule has 6 heteroatoms. The Balaban J connectivity index is 1.61. The summed E-state index contributed by atoms with van der Waals surface area (Å²) in [6, 6.07) is 15.0. The number of benzene rings is 2. The van der Waals surface area contributed by atoms with E-state index in [0.29, 0.717) is 36.7 Å². The van der Waals surface area contributed by atoms with Gasteiger partial charge in [0.2, 0.25) is 5.91 Å². The number of hydrogen-bond acceptors (Lipinski definition) is 5. The van der Waals surface area contributed by atoms with E-state index >= 15 is 0 Å². The van der Waals surface area contributed by atoms with Gasteiger partial charge in [0.1, 0.15) is 13.2 Å². The van der Waals surface area contributed by atoms with Gasteiger partial charge in [0.15, 0.2) is 11.5 Å². The molecule has 3 atom stereocenters. The second kappa shape index (κ2) is 9.49. The van der Waals surface area contributed by atoms with Crippen LogP contribution in [0.2, 0.25) is 0 Å². The minimum absolute atomic E-state index is 0.0516. The number of aliphatic hydroxyl groups is 2. The minimum Gasteiger partial charge on any atom is -0.486 e. The molecule has 6 nitrogen and oxygen atoms in total. The third-order valence-corrected chi connectivity index (χ3v) is 6.05. The summed E-state index contributed by atoms with van der Waals surface area (Å²) in [7, 11) is 0. The summed E-state index contributed by atoms with van der Waals surface area (Å²) in [5, 5.41) is 21.3. The van der Waals surface area contributed by atoms with E-state index in [-0.39, 0.29) is 18.4 Å². The predicted octanol–water partition coefficient (Wildman–Crippen LogP) is 2.90. The zero-order chi connectivity index (χ0) is 20.9. The Hall–Kier alpha value is -2.57. The van der Waals surface area contributed by atoms with E-state index in [0.717, 1.165) is 31.5 Å². The third-order valence-electron chi connectivity index (χ3n) is 6.05. The van der Waals surface area contributed by atoms with Crippen LogP contribution in [0.4, 0.5) is 0 Å². The molecule has 0 unspecified atom stereocenters. The number of nitrogens with zero attached hydrogens (tertiary/aromatic N) is 1. The molecule has 2 aromatic rings. The molecular weight excluding hydrogens is 382 g/mol. The number of rotatable bonds is 7. The quantitative estimate of drug-likeness (QED) is 0.732. The van der Waals surface area contributed by atoms with E-state index in [9.17, 15) is 15.0 Å². The van der Waals surface area contributed by atoms with Crippen molar-refractivity contribution in [3.8, 4) is 11.5 Å². The number of likely N-dealkylation sites (tertiary alicyclic amines) is 1. The largest absolute Gasteiger partial charge is 0.486 e. The zero-order valence-electron chi connectivity index (χ0n) is 17.1. The molecule has 0 spiro atoms. The summed E-state index contributed by atoms with van der Waals surface area (Å²) in [4.78, 5) is 15.2. The molecule has 30 heavy (non-hydrogen) atoms. The Morgan fingerprint density at radius 1 is 0.967 bits per heavy atom. The van der Waals surface area contributed by atoms with E-state index in [4.69, 9.17) is 9.47 Å². The monoisotopic (exact) mass is 411 g/mol. The Bertz CT molecular complexity index is 850. The van der Waals surface area contributed by atoms with E-state index < -0.39 is 12.0 Å². The highest BCUT2D eigenvalue weighted by atomic mass is 16.6. The van der Waals surface area contributed by atoms with Crippen LogP contribution in [0.25, 0.3) is 0 Å². The summed E-state index contributed by atoms with van der Waals surface area (Å²) >= 11 is 0. The van der Waals surface area contributed by atoms with Gasteiger partial charge in [-0.3, -0.25) is 4.79 Å². The van der Waals surface area contributed by atoms with Crippen LogP contribution in [-0.2, 0) is 4.79 Å². The van der Waals surface area contributed by atoms with Gasteiger partial charge >= 0.3 is 0 Å². The lowest BCUT2D eigenvalue weighted by Crippen LogP contribution is -2.38. The topological polar surface area (TPSA) is 79.2 Å². The summed E-state index contributed by atoms with van der Waals surface area (Å²) in [5.74, 6) is 0.311. The maximum absolute atomic E-state index is 13.4. The first-order valence-corrected chi connectivity index (χ1v) is 10.7. The van der Waals surface area contributed by atoms with Crippen LogP contribution >= 0.6 is 0 Å². The molecule has 2 aliphatic heterocycles. The van der Waals surface area contributed by atoms with E-state index in [1.54, 1.807) is 18.2 Å². The van der Waals surface area contributed by atoms with Gasteiger partial charge in [-0.1, -0.05) is 36.4 Å². The van der Waals surface area contributed by atoms with Crippen molar-refractivity contribution in [3.63, 3.8) is 0 Å². The summed E-state index contributed by atoms with van der Waals surface area (Å²) < 4.78 is 11.2. The number of carbonyl (C=O) groups is 1. The zero-order valence-corrected chi connectivity index (χ0v) is 17.1. The molecule has 160 valence electrons. The van der Waals surface area contributed by atoms with Crippen molar-refractivity contribution in [2.24, 2.45) is 5.92 Å². The van der Waals surface area contributed by atoms with Crippen molar-refractivity contribution in [3.05, 3.63) is 59.7 Å². The number of amides is 1. The first-order chi connectivity index (χ1) is 14.7. The normalized spacial score (nSPS) is 18.7. The second-order valence-corrected chi connectivity index (χ2v) is 8.01. The molecule has 2 aliphatic rings. The number of ether oxygens (including phenoxy) is 2. The highest BCUT2D eigenvalue weighted by molar-refractivity contribution is 5.80. The fourth-order valence-corrected chi connectivity index (χ4v) is 4.36. The predicted molar refractivity (Wildman–Crippen MR) is 113 cm³/mol. The Labute approximate surface area is 177 Å². The van der Waals surface area contributed by atoms with Gasteiger partial charge in [-0.05, 0) is 42.5 Å². The number of hydrogen-bond donors (Lipinski definition) is 2. The average molecular weight is 411 g/mol. The van der Waals surface area contributed by atoms with Gasteiger partial charge in [-0.15, -0.1) is 0 Å². The van der Waals surface area contributed by atoms with Crippen LogP contribution in [0.5, 0.6) is 11.5 Å². The standard InChI is InChI=1S/C24H29NO5/c26-16-19(17-6-2-1-3-7-17)14-20(24(28)25-10-4-5-11-25)23(27)18-8-9-21-22(15-18)30-13-12-29-21/h1-3,6-9,15,19-20,23,26-27H,4-5,10-14,16H2/t19-,20+,23-/m1/s1. The minimum atomic E-state index is -0.994. The van der Waals surface area contributed by atoms with Crippen molar-refractivity contribution < 1.29 is 24.5 Å². The van der Waals surface area contributed by atoms with Crippen LogP contribution in [0.15, 0.2) is 48.5 Å². The van der Waals surface area contributed by atoms with Crippen LogP contribution in [0, 0.1) is 5.92 Å². The summed E-state index contributed by atoms with van der Waals surface area (Å²) in [6.07, 6.45) is 1.35. The molecule has 0 bridgehead atoms. The molecule has 1 fully saturated rings. The van der Waals surface area contributed by atoms with Gasteiger partial charge in [-0.2, -0.15) is 0 Å². The molecule has 0 radical (unpaired) electrons. The molecule has 2 aromatic carbocycles. The number of aliphatic hydroxyl groups excluding tert-OH is 2. The highest BCUT2D eigenvalue weighted by Crippen LogP contribution is 2.38. The molecule has 4 rings (SSSR count). The fourth-order valence-electron chi connectivity index (χ4n) is 4.36. The lowest BCUT2D eigenvalue weighted by atomic mass is 9.83. The summed E-state index contributed by atoms with van der Waals surface area (Å²) in [5.41, 5.74) is 1.59. The van der Waals surface area contributed by atoms with Crippen LogP contribution in [0.1, 0.15) is 42.4 Å². The molecule has 0 saturated carbocycles. The van der Waals surface area contributed by atoms with Gasteiger partial charge in [0.25, 0.3) is 0 Å². The molecule has 1 amide bonds. The first-order valence-electron chi connectivity index (χ1n) is 10.7. The fraction of sp³-hybridized carbons (Fsp3) is 0.458. The third kappa shape index (κ3) is 4.45. The highest BCUT2D eigenvalue weighted by Gasteiger charge is 2.35. The van der Waals surface area contributed by atoms with Gasteiger partial charge in [0, 0.05) is 25.6 Å². The average Bonchev–Trinajstić information content (AvgIpc) is 3.34. The van der Waals surface area contributed by atoms with E-state index in [1.807, 2.05) is 35.2 Å². The van der Waals surface area contributed by atoms with E-state index in [1.165, 1.54) is 0 Å². The second-order valence-electron chi connectivity index (χ2n) is 8.01. The summed E-state index contributed by atoms with van der Waals surface area (Å²) in [6.45, 7) is 2.32. The van der Waals surface area contributed by atoms with Crippen molar-refractivity contribution in [1.82, 2.24) is 4.90 Å². The van der Waals surface area contributed by atoms with Crippen molar-refractivity contribution in [2.45, 2.75) is 31.3 Å². The van der Waals surface area contributed by atoms with Gasteiger partial charge in [-0.25, -0.2) is 0 Å². The lowest BCUT2D eigenvalue weighted by Gasteiger charge is -2.30. The lowest BCUT2D eigenvalue weighted by molar-refractivity contribution is -0.139. The van der Waals surface area contributed by atoms with Gasteiger partial charge < -0.3 is 24.6 Å². The Morgan fingerprint density at radius 3 is 2.37 bits per heavy atom. The smallest absolute Gasteiger partial charge is 0.228 e. The molecular formula is C24H29NO5. The van der Waals surface area contributed by atoms with E-state index in [2.05, 4.69) is 0 Å². The molecule has 0 aromatic heterocycles. The van der Waals surface area contributed by atoms with Crippen LogP contribution < -0.4 is 9.47 Å². The maximum Gasteiger partial charge on any atom is 0.228 e. The Morgan fingerprint density at radius 2 is 1.67 bits per heavy atom. The SMILES string of the molecule is O=C([C@@H](C[C@H](CO)c1ccccc1)[C@H](O)c1ccc2c(c1)OCCO2)N1CCCC1. The molecule has 2 heterocycles. The molecule has 0 aliphatic carbocycles. The number of carbonyl (C=O) groups excluding carboxylic acids is 1. The van der Waals surface area contributed by atoms with Crippen LogP contribution in [-0.4, -0.2) is 53.9 Å². The van der Waals surface area contributed by atoms with Crippen molar-refractivity contribution in [2.75, 3.05) is 32.9 Å². The first kappa shape index (κ1) is 20.7. The van der Waals surface area contributed by atoms with Crippen LogP contribution in [0.3, 0.4) is 0 Å². The maximum atomic E-state index is 13.4. The number of fused-ring (bicyclic) bond motifs is 1. The van der Waals surface area contributed by atoms with Crippen molar-refractivity contribution in [1.29, 1.82) is 0 Å². The molecule has 2 N–H and O–H groups in total. The van der Waals surface area contributed by atoms with Gasteiger partial charge in [0.05, 0.1) is 12.0 Å².